The SMILES string of the molecule is CN=C(NCC(C)c1cccs1)NCC(C)(C)S(C)(=O)=O.I. The number of aliphatic imine (C=N–C) groups is 1. The molecule has 0 amide bonds. The fourth-order valence-electron chi connectivity index (χ4n) is 1.57. The zero-order chi connectivity index (χ0) is 16.1. The minimum absolute atomic E-state index is 0. The molecule has 0 radical (unpaired) electrons. The summed E-state index contributed by atoms with van der Waals surface area (Å²) in [5, 5.41) is 8.38. The maximum absolute atomic E-state index is 11.7. The first kappa shape index (κ1) is 21.6. The summed E-state index contributed by atoms with van der Waals surface area (Å²) in [5.41, 5.74) is 0. The Morgan fingerprint density at radius 2 is 2.05 bits per heavy atom. The molecule has 1 atom stereocenters. The Bertz CT molecular complexity index is 569. The molecule has 128 valence electrons. The first-order valence-corrected chi connectivity index (χ1v) is 9.62. The second-order valence-electron chi connectivity index (χ2n) is 5.75. The van der Waals surface area contributed by atoms with E-state index in [-0.39, 0.29) is 24.0 Å². The van der Waals surface area contributed by atoms with Gasteiger partial charge in [0.2, 0.25) is 0 Å². The van der Waals surface area contributed by atoms with Gasteiger partial charge in [0.25, 0.3) is 0 Å². The Balaban J connectivity index is 0.00000441. The van der Waals surface area contributed by atoms with Crippen molar-refractivity contribution in [3.63, 3.8) is 0 Å². The highest BCUT2D eigenvalue weighted by Gasteiger charge is 2.30. The van der Waals surface area contributed by atoms with Gasteiger partial charge in [0, 0.05) is 37.2 Å². The van der Waals surface area contributed by atoms with Crippen molar-refractivity contribution in [3.8, 4) is 0 Å². The van der Waals surface area contributed by atoms with Crippen molar-refractivity contribution in [1.29, 1.82) is 0 Å². The minimum atomic E-state index is -3.12. The summed E-state index contributed by atoms with van der Waals surface area (Å²) in [6.45, 7) is 6.62. The van der Waals surface area contributed by atoms with E-state index in [9.17, 15) is 8.42 Å². The van der Waals surface area contributed by atoms with Crippen molar-refractivity contribution >= 4 is 51.1 Å². The molecular weight excluding hydrogens is 433 g/mol. The van der Waals surface area contributed by atoms with Gasteiger partial charge in [0.1, 0.15) is 0 Å². The topological polar surface area (TPSA) is 70.6 Å². The van der Waals surface area contributed by atoms with Crippen LogP contribution < -0.4 is 10.6 Å². The third kappa shape index (κ3) is 6.41. The van der Waals surface area contributed by atoms with E-state index in [0.29, 0.717) is 18.4 Å². The average molecular weight is 459 g/mol. The minimum Gasteiger partial charge on any atom is -0.356 e. The number of hydrogen-bond donors (Lipinski definition) is 2. The second-order valence-corrected chi connectivity index (χ2v) is 9.38. The summed E-state index contributed by atoms with van der Waals surface area (Å²) in [5.74, 6) is 1.00. The molecule has 0 aliphatic heterocycles. The lowest BCUT2D eigenvalue weighted by Crippen LogP contribution is -2.48. The standard InChI is InChI=1S/C14H25N3O2S2.HI/c1-11(12-7-6-8-20-12)9-16-13(15-4)17-10-14(2,3)21(5,18)19;/h6-8,11H,9-10H2,1-5H3,(H2,15,16,17);1H. The van der Waals surface area contributed by atoms with Crippen LogP contribution in [0.15, 0.2) is 22.5 Å². The normalized spacial score (nSPS) is 14.1. The van der Waals surface area contributed by atoms with Crippen LogP contribution in [0.3, 0.4) is 0 Å². The molecule has 2 N–H and O–H groups in total. The first-order chi connectivity index (χ1) is 9.67. The molecule has 0 bridgehead atoms. The van der Waals surface area contributed by atoms with Crippen LogP contribution in [-0.2, 0) is 9.84 Å². The molecule has 1 heterocycles. The van der Waals surface area contributed by atoms with E-state index >= 15 is 0 Å². The van der Waals surface area contributed by atoms with Crippen LogP contribution in [0.25, 0.3) is 0 Å². The Hall–Kier alpha value is -0.350. The fraction of sp³-hybridized carbons (Fsp3) is 0.643. The molecule has 0 fully saturated rings. The Labute approximate surface area is 154 Å². The number of halogens is 1. The van der Waals surface area contributed by atoms with Gasteiger partial charge in [0.15, 0.2) is 15.8 Å². The predicted molar refractivity (Wildman–Crippen MR) is 106 cm³/mol. The highest BCUT2D eigenvalue weighted by Crippen LogP contribution is 2.19. The van der Waals surface area contributed by atoms with Gasteiger partial charge in [-0.25, -0.2) is 8.42 Å². The molecule has 8 heteroatoms. The molecule has 0 aromatic carbocycles. The number of nitrogens with zero attached hydrogens (tertiary/aromatic N) is 1. The molecule has 22 heavy (non-hydrogen) atoms. The monoisotopic (exact) mass is 459 g/mol. The maximum Gasteiger partial charge on any atom is 0.191 e. The Morgan fingerprint density at radius 3 is 2.50 bits per heavy atom. The van der Waals surface area contributed by atoms with Gasteiger partial charge in [-0.05, 0) is 25.3 Å². The molecule has 0 saturated carbocycles. The number of nitrogens with one attached hydrogen (secondary N) is 2. The number of thiophene rings is 1. The molecule has 0 aliphatic rings. The van der Waals surface area contributed by atoms with E-state index in [1.165, 1.54) is 11.1 Å². The lowest BCUT2D eigenvalue weighted by molar-refractivity contribution is 0.544. The summed E-state index contributed by atoms with van der Waals surface area (Å²) >= 11 is 1.73. The van der Waals surface area contributed by atoms with Crippen molar-refractivity contribution in [2.45, 2.75) is 31.4 Å². The van der Waals surface area contributed by atoms with Crippen LogP contribution in [0.1, 0.15) is 31.6 Å². The van der Waals surface area contributed by atoms with E-state index in [4.69, 9.17) is 0 Å². The lowest BCUT2D eigenvalue weighted by Gasteiger charge is -2.24. The van der Waals surface area contributed by atoms with Crippen molar-refractivity contribution < 1.29 is 8.42 Å². The van der Waals surface area contributed by atoms with Crippen LogP contribution in [0.2, 0.25) is 0 Å². The van der Waals surface area contributed by atoms with Crippen molar-refractivity contribution in [1.82, 2.24) is 10.6 Å². The predicted octanol–water partition coefficient (Wildman–Crippen LogP) is 2.46. The van der Waals surface area contributed by atoms with Crippen molar-refractivity contribution in [2.24, 2.45) is 4.99 Å². The zero-order valence-corrected chi connectivity index (χ0v) is 17.7. The molecule has 1 aromatic heterocycles. The molecular formula is C14H26IN3O2S2. The molecule has 1 aromatic rings. The van der Waals surface area contributed by atoms with Crippen LogP contribution >= 0.6 is 35.3 Å². The van der Waals surface area contributed by atoms with Crippen LogP contribution in [0, 0.1) is 0 Å². The first-order valence-electron chi connectivity index (χ1n) is 6.85. The number of rotatable bonds is 6. The number of guanidine groups is 1. The molecule has 5 nitrogen and oxygen atoms in total. The molecule has 0 saturated heterocycles. The number of sulfone groups is 1. The summed E-state index contributed by atoms with van der Waals surface area (Å²) in [6, 6.07) is 4.15. The van der Waals surface area contributed by atoms with E-state index in [0.717, 1.165) is 6.54 Å². The Morgan fingerprint density at radius 1 is 1.41 bits per heavy atom. The largest absolute Gasteiger partial charge is 0.356 e. The fourth-order valence-corrected chi connectivity index (χ4v) is 2.69. The zero-order valence-electron chi connectivity index (χ0n) is 13.7. The molecule has 1 unspecified atom stereocenters. The van der Waals surface area contributed by atoms with E-state index < -0.39 is 14.6 Å². The summed E-state index contributed by atoms with van der Waals surface area (Å²) in [4.78, 5) is 5.44. The quantitative estimate of drug-likeness (QED) is 0.390. The van der Waals surface area contributed by atoms with Crippen molar-refractivity contribution in [2.75, 3.05) is 26.4 Å². The molecule has 0 aliphatic carbocycles. The van der Waals surface area contributed by atoms with Gasteiger partial charge in [-0.3, -0.25) is 4.99 Å². The Kier molecular flexibility index (Phi) is 8.93. The van der Waals surface area contributed by atoms with Crippen LogP contribution in [0.4, 0.5) is 0 Å². The molecule has 0 spiro atoms. The van der Waals surface area contributed by atoms with Gasteiger partial charge in [0.05, 0.1) is 4.75 Å². The highest BCUT2D eigenvalue weighted by atomic mass is 127. The van der Waals surface area contributed by atoms with Gasteiger partial charge >= 0.3 is 0 Å². The van der Waals surface area contributed by atoms with Crippen LogP contribution in [-0.4, -0.2) is 45.5 Å². The highest BCUT2D eigenvalue weighted by molar-refractivity contribution is 14.0. The van der Waals surface area contributed by atoms with Gasteiger partial charge < -0.3 is 10.6 Å². The van der Waals surface area contributed by atoms with E-state index in [2.05, 4.69) is 34.0 Å². The second kappa shape index (κ2) is 9.07. The number of hydrogen-bond acceptors (Lipinski definition) is 4. The maximum atomic E-state index is 11.7. The van der Waals surface area contributed by atoms with Crippen LogP contribution in [0.5, 0.6) is 0 Å². The third-order valence-electron chi connectivity index (χ3n) is 3.51. The van der Waals surface area contributed by atoms with Gasteiger partial charge in [-0.2, -0.15) is 0 Å². The van der Waals surface area contributed by atoms with E-state index in [1.807, 2.05) is 6.07 Å². The molecule has 1 rings (SSSR count). The smallest absolute Gasteiger partial charge is 0.191 e. The average Bonchev–Trinajstić information content (AvgIpc) is 2.91. The van der Waals surface area contributed by atoms with E-state index in [1.54, 1.807) is 32.2 Å². The lowest BCUT2D eigenvalue weighted by atomic mass is 10.1. The van der Waals surface area contributed by atoms with Crippen molar-refractivity contribution in [3.05, 3.63) is 22.4 Å². The third-order valence-corrected chi connectivity index (χ3v) is 6.77. The van der Waals surface area contributed by atoms with Gasteiger partial charge in [-0.15, -0.1) is 35.3 Å². The summed E-state index contributed by atoms with van der Waals surface area (Å²) in [7, 11) is -1.44. The van der Waals surface area contributed by atoms with Gasteiger partial charge in [-0.1, -0.05) is 13.0 Å². The summed E-state index contributed by atoms with van der Waals surface area (Å²) < 4.78 is 22.5. The summed E-state index contributed by atoms with van der Waals surface area (Å²) in [6.07, 6.45) is 1.25.